The van der Waals surface area contributed by atoms with E-state index in [1.165, 1.54) is 0 Å². The lowest BCUT2D eigenvalue weighted by atomic mass is 10.2. The van der Waals surface area contributed by atoms with Crippen LogP contribution in [-0.4, -0.2) is 43.0 Å². The lowest BCUT2D eigenvalue weighted by Gasteiger charge is -2.36. The number of amides is 1. The van der Waals surface area contributed by atoms with Gasteiger partial charge in [-0.25, -0.2) is 0 Å². The summed E-state index contributed by atoms with van der Waals surface area (Å²) in [5.74, 6) is 0.147. The Morgan fingerprint density at radius 3 is 2.53 bits per heavy atom. The van der Waals surface area contributed by atoms with Gasteiger partial charge in [0.25, 0.3) is 0 Å². The van der Waals surface area contributed by atoms with Crippen LogP contribution in [0.15, 0.2) is 24.3 Å². The highest BCUT2D eigenvalue weighted by molar-refractivity contribution is 6.33. The van der Waals surface area contributed by atoms with E-state index in [1.54, 1.807) is 0 Å². The van der Waals surface area contributed by atoms with Crippen molar-refractivity contribution in [1.82, 2.24) is 4.90 Å². The van der Waals surface area contributed by atoms with E-state index in [9.17, 15) is 4.79 Å². The average molecular weight is 282 g/mol. The van der Waals surface area contributed by atoms with Crippen molar-refractivity contribution in [2.45, 2.75) is 19.4 Å². The molecule has 1 aliphatic rings. The second kappa shape index (κ2) is 6.26. The van der Waals surface area contributed by atoms with Gasteiger partial charge in [-0.1, -0.05) is 23.7 Å². The fraction of sp³-hybridized carbons (Fsp3) is 0.500. The van der Waals surface area contributed by atoms with Gasteiger partial charge in [0, 0.05) is 38.6 Å². The summed E-state index contributed by atoms with van der Waals surface area (Å²) >= 11 is 6.19. The highest BCUT2D eigenvalue weighted by Gasteiger charge is 2.22. The Bertz CT molecular complexity index is 442. The maximum atomic E-state index is 11.9. The van der Waals surface area contributed by atoms with E-state index in [0.717, 1.165) is 36.9 Å². The molecule has 1 fully saturated rings. The van der Waals surface area contributed by atoms with Gasteiger partial charge in [-0.05, 0) is 19.1 Å². The number of hydrogen-bond acceptors (Lipinski definition) is 3. The molecule has 0 bridgehead atoms. The van der Waals surface area contributed by atoms with Crippen LogP contribution in [0.4, 0.5) is 5.69 Å². The molecule has 0 aromatic heterocycles. The van der Waals surface area contributed by atoms with Crippen LogP contribution in [0.5, 0.6) is 0 Å². The van der Waals surface area contributed by atoms with Crippen molar-refractivity contribution in [2.75, 3.05) is 31.1 Å². The topological polar surface area (TPSA) is 49.6 Å². The molecule has 2 rings (SSSR count). The average Bonchev–Trinajstić information content (AvgIpc) is 2.39. The smallest absolute Gasteiger partial charge is 0.224 e. The van der Waals surface area contributed by atoms with Gasteiger partial charge < -0.3 is 15.5 Å². The van der Waals surface area contributed by atoms with Gasteiger partial charge in [-0.3, -0.25) is 4.79 Å². The minimum Gasteiger partial charge on any atom is -0.367 e. The first-order valence-electron chi connectivity index (χ1n) is 6.61. The molecule has 1 saturated heterocycles. The molecule has 1 amide bonds. The van der Waals surface area contributed by atoms with Crippen LogP contribution in [0, 0.1) is 0 Å². The molecule has 104 valence electrons. The number of para-hydroxylation sites is 1. The summed E-state index contributed by atoms with van der Waals surface area (Å²) in [5.41, 5.74) is 6.71. The Balaban J connectivity index is 1.93. The zero-order valence-electron chi connectivity index (χ0n) is 11.2. The predicted molar refractivity (Wildman–Crippen MR) is 78.5 cm³/mol. The van der Waals surface area contributed by atoms with Crippen molar-refractivity contribution in [3.63, 3.8) is 0 Å². The summed E-state index contributed by atoms with van der Waals surface area (Å²) in [6, 6.07) is 7.74. The lowest BCUT2D eigenvalue weighted by Crippen LogP contribution is -2.49. The molecule has 5 heteroatoms. The van der Waals surface area contributed by atoms with Gasteiger partial charge >= 0.3 is 0 Å². The SMILES string of the molecule is CC(N)CC(=O)N1CCN(c2ccccc2Cl)CC1. The fourth-order valence-corrected chi connectivity index (χ4v) is 2.56. The lowest BCUT2D eigenvalue weighted by molar-refractivity contribution is -0.131. The Morgan fingerprint density at radius 1 is 1.32 bits per heavy atom. The first-order chi connectivity index (χ1) is 9.08. The minimum absolute atomic E-state index is 0.0749. The van der Waals surface area contributed by atoms with E-state index in [0.29, 0.717) is 6.42 Å². The normalized spacial score (nSPS) is 17.4. The monoisotopic (exact) mass is 281 g/mol. The van der Waals surface area contributed by atoms with Gasteiger partial charge in [-0.15, -0.1) is 0 Å². The number of nitrogens with two attached hydrogens (primary N) is 1. The van der Waals surface area contributed by atoms with E-state index in [2.05, 4.69) is 4.90 Å². The number of benzene rings is 1. The highest BCUT2D eigenvalue weighted by Crippen LogP contribution is 2.26. The fourth-order valence-electron chi connectivity index (χ4n) is 2.31. The van der Waals surface area contributed by atoms with Crippen LogP contribution in [0.3, 0.4) is 0 Å². The van der Waals surface area contributed by atoms with E-state index in [1.807, 2.05) is 36.1 Å². The van der Waals surface area contributed by atoms with Crippen molar-refractivity contribution in [2.24, 2.45) is 5.73 Å². The molecule has 1 heterocycles. The van der Waals surface area contributed by atoms with E-state index < -0.39 is 0 Å². The molecule has 4 nitrogen and oxygen atoms in total. The van der Waals surface area contributed by atoms with Crippen molar-refractivity contribution in [3.8, 4) is 0 Å². The molecule has 1 unspecified atom stereocenters. The molecular weight excluding hydrogens is 262 g/mol. The second-order valence-electron chi connectivity index (χ2n) is 5.00. The summed E-state index contributed by atoms with van der Waals surface area (Å²) in [7, 11) is 0. The van der Waals surface area contributed by atoms with Crippen LogP contribution in [0.25, 0.3) is 0 Å². The second-order valence-corrected chi connectivity index (χ2v) is 5.41. The number of carbonyl (C=O) groups is 1. The maximum Gasteiger partial charge on any atom is 0.224 e. The predicted octanol–water partition coefficient (Wildman–Crippen LogP) is 1.73. The Hall–Kier alpha value is -1.26. The molecule has 1 aromatic rings. The molecule has 1 atom stereocenters. The summed E-state index contributed by atoms with van der Waals surface area (Å²) in [5, 5.41) is 0.762. The largest absolute Gasteiger partial charge is 0.367 e. The van der Waals surface area contributed by atoms with Crippen molar-refractivity contribution in [3.05, 3.63) is 29.3 Å². The molecule has 19 heavy (non-hydrogen) atoms. The summed E-state index contributed by atoms with van der Waals surface area (Å²) in [6.07, 6.45) is 0.423. The third-order valence-corrected chi connectivity index (χ3v) is 3.64. The molecule has 1 aromatic carbocycles. The minimum atomic E-state index is -0.0749. The van der Waals surface area contributed by atoms with E-state index in [4.69, 9.17) is 17.3 Å². The zero-order valence-corrected chi connectivity index (χ0v) is 11.9. The number of nitrogens with zero attached hydrogens (tertiary/aromatic N) is 2. The first kappa shape index (κ1) is 14.2. The third-order valence-electron chi connectivity index (χ3n) is 3.32. The number of rotatable bonds is 3. The number of carbonyl (C=O) groups excluding carboxylic acids is 1. The molecule has 0 aliphatic carbocycles. The van der Waals surface area contributed by atoms with Crippen molar-refractivity contribution in [1.29, 1.82) is 0 Å². The van der Waals surface area contributed by atoms with Crippen LogP contribution < -0.4 is 10.6 Å². The number of anilines is 1. The maximum absolute atomic E-state index is 11.9. The molecular formula is C14H20ClN3O. The van der Waals surface area contributed by atoms with Crippen molar-refractivity contribution >= 4 is 23.2 Å². The van der Waals surface area contributed by atoms with Crippen LogP contribution in [0.2, 0.25) is 5.02 Å². The van der Waals surface area contributed by atoms with Crippen LogP contribution in [0.1, 0.15) is 13.3 Å². The molecule has 0 spiro atoms. The van der Waals surface area contributed by atoms with Gasteiger partial charge in [0.1, 0.15) is 0 Å². The number of hydrogen-bond donors (Lipinski definition) is 1. The highest BCUT2D eigenvalue weighted by atomic mass is 35.5. The third kappa shape index (κ3) is 3.61. The first-order valence-corrected chi connectivity index (χ1v) is 6.98. The quantitative estimate of drug-likeness (QED) is 0.918. The summed E-state index contributed by atoms with van der Waals surface area (Å²) in [6.45, 7) is 4.95. The standard InChI is InChI=1S/C14H20ClN3O/c1-11(16)10-14(19)18-8-6-17(7-9-18)13-5-3-2-4-12(13)15/h2-5,11H,6-10,16H2,1H3. The van der Waals surface area contributed by atoms with Gasteiger partial charge in [-0.2, -0.15) is 0 Å². The summed E-state index contributed by atoms with van der Waals surface area (Å²) in [4.78, 5) is 16.0. The van der Waals surface area contributed by atoms with Crippen molar-refractivity contribution < 1.29 is 4.79 Å². The Morgan fingerprint density at radius 2 is 1.95 bits per heavy atom. The molecule has 2 N–H and O–H groups in total. The number of piperazine rings is 1. The van der Waals surface area contributed by atoms with E-state index in [-0.39, 0.29) is 11.9 Å². The van der Waals surface area contributed by atoms with Gasteiger partial charge in [0.15, 0.2) is 0 Å². The Kier molecular flexibility index (Phi) is 4.66. The Labute approximate surface area is 119 Å². The van der Waals surface area contributed by atoms with Gasteiger partial charge in [0.05, 0.1) is 10.7 Å². The van der Waals surface area contributed by atoms with E-state index >= 15 is 0 Å². The van der Waals surface area contributed by atoms with Crippen LogP contribution in [-0.2, 0) is 4.79 Å². The van der Waals surface area contributed by atoms with Gasteiger partial charge in [0.2, 0.25) is 5.91 Å². The molecule has 1 aliphatic heterocycles. The zero-order chi connectivity index (χ0) is 13.8. The molecule has 0 saturated carbocycles. The summed E-state index contributed by atoms with van der Waals surface area (Å²) < 4.78 is 0. The van der Waals surface area contributed by atoms with Crippen LogP contribution >= 0.6 is 11.6 Å². The molecule has 0 radical (unpaired) electrons. The number of halogens is 1.